The van der Waals surface area contributed by atoms with Crippen LogP contribution in [0.1, 0.15) is 10.4 Å². The maximum absolute atomic E-state index is 13.5. The SMILES string of the molecule is CS(=O)(=O)c1ccccc1-c1c(C(F)(F)F)csc1C1=NCCN1. The maximum atomic E-state index is 13.5. The van der Waals surface area contributed by atoms with Gasteiger partial charge < -0.3 is 5.32 Å². The average Bonchev–Trinajstić information content (AvgIpc) is 3.14. The molecule has 0 atom stereocenters. The van der Waals surface area contributed by atoms with Gasteiger partial charge in [-0.25, -0.2) is 8.42 Å². The largest absolute Gasteiger partial charge is 0.417 e. The van der Waals surface area contributed by atoms with Crippen molar-refractivity contribution in [2.45, 2.75) is 11.1 Å². The lowest BCUT2D eigenvalue weighted by molar-refractivity contribution is -0.136. The second-order valence-corrected chi connectivity index (χ2v) is 8.14. The molecule has 0 fully saturated rings. The van der Waals surface area contributed by atoms with Crippen LogP contribution in [0.4, 0.5) is 13.2 Å². The summed E-state index contributed by atoms with van der Waals surface area (Å²) in [5.41, 5.74) is -0.948. The van der Waals surface area contributed by atoms with Crippen molar-refractivity contribution in [3.05, 3.63) is 40.1 Å². The second kappa shape index (κ2) is 5.89. The van der Waals surface area contributed by atoms with Crippen LogP contribution in [-0.2, 0) is 16.0 Å². The summed E-state index contributed by atoms with van der Waals surface area (Å²) >= 11 is 0.906. The van der Waals surface area contributed by atoms with Gasteiger partial charge in [-0.05, 0) is 6.07 Å². The number of hydrogen-bond acceptors (Lipinski definition) is 5. The number of sulfone groups is 1. The van der Waals surface area contributed by atoms with E-state index >= 15 is 0 Å². The summed E-state index contributed by atoms with van der Waals surface area (Å²) in [7, 11) is -3.69. The summed E-state index contributed by atoms with van der Waals surface area (Å²) in [5.74, 6) is 0.369. The van der Waals surface area contributed by atoms with Crippen LogP contribution in [0.25, 0.3) is 11.1 Å². The third kappa shape index (κ3) is 3.05. The van der Waals surface area contributed by atoms with Gasteiger partial charge in [0.1, 0.15) is 5.84 Å². The highest BCUT2D eigenvalue weighted by molar-refractivity contribution is 7.90. The van der Waals surface area contributed by atoms with Gasteiger partial charge in [0.2, 0.25) is 0 Å². The molecule has 0 saturated heterocycles. The van der Waals surface area contributed by atoms with Crippen LogP contribution in [0.15, 0.2) is 39.5 Å². The summed E-state index contributed by atoms with van der Waals surface area (Å²) < 4.78 is 64.4. The Labute approximate surface area is 141 Å². The summed E-state index contributed by atoms with van der Waals surface area (Å²) in [4.78, 5) is 4.35. The first-order valence-electron chi connectivity index (χ1n) is 6.96. The molecule has 1 aliphatic rings. The molecule has 1 aromatic carbocycles. The normalized spacial score (nSPS) is 15.2. The minimum Gasteiger partial charge on any atom is -0.367 e. The molecule has 0 spiro atoms. The highest BCUT2D eigenvalue weighted by Crippen LogP contribution is 2.44. The third-order valence-electron chi connectivity index (χ3n) is 3.54. The van der Waals surface area contributed by atoms with E-state index in [2.05, 4.69) is 10.3 Å². The first-order chi connectivity index (χ1) is 11.2. The molecule has 0 unspecified atom stereocenters. The number of hydrogen-bond donors (Lipinski definition) is 1. The Morgan fingerprint density at radius 3 is 2.54 bits per heavy atom. The van der Waals surface area contributed by atoms with Crippen LogP contribution < -0.4 is 5.32 Å². The van der Waals surface area contributed by atoms with Crippen LogP contribution >= 0.6 is 11.3 Å². The minimum absolute atomic E-state index is 0.0416. The van der Waals surface area contributed by atoms with Crippen molar-refractivity contribution in [3.8, 4) is 11.1 Å². The van der Waals surface area contributed by atoms with Gasteiger partial charge in [0.25, 0.3) is 0 Å². The van der Waals surface area contributed by atoms with Crippen molar-refractivity contribution < 1.29 is 21.6 Å². The van der Waals surface area contributed by atoms with Crippen LogP contribution in [0.3, 0.4) is 0 Å². The summed E-state index contributed by atoms with van der Waals surface area (Å²) in [5, 5.41) is 3.96. The predicted octanol–water partition coefficient (Wildman–Crippen LogP) is 3.19. The lowest BCUT2D eigenvalue weighted by Crippen LogP contribution is -2.19. The van der Waals surface area contributed by atoms with E-state index in [1.807, 2.05) is 0 Å². The summed E-state index contributed by atoms with van der Waals surface area (Å²) in [6.45, 7) is 1.02. The molecule has 128 valence electrons. The maximum Gasteiger partial charge on any atom is 0.417 e. The average molecular weight is 374 g/mol. The fourth-order valence-corrected chi connectivity index (χ4v) is 4.52. The Morgan fingerprint density at radius 1 is 1.25 bits per heavy atom. The van der Waals surface area contributed by atoms with Crippen LogP contribution in [0.5, 0.6) is 0 Å². The first kappa shape index (κ1) is 17.0. The van der Waals surface area contributed by atoms with E-state index in [9.17, 15) is 21.6 Å². The number of aliphatic imine (C=N–C) groups is 1. The molecule has 1 aliphatic heterocycles. The molecular weight excluding hydrogens is 361 g/mol. The second-order valence-electron chi connectivity index (χ2n) is 5.28. The number of amidine groups is 1. The molecule has 0 saturated carbocycles. The number of rotatable bonds is 3. The predicted molar refractivity (Wildman–Crippen MR) is 87.3 cm³/mol. The zero-order valence-electron chi connectivity index (χ0n) is 12.5. The zero-order valence-corrected chi connectivity index (χ0v) is 14.1. The number of alkyl halides is 3. The van der Waals surface area contributed by atoms with E-state index in [4.69, 9.17) is 0 Å². The number of benzene rings is 1. The highest BCUT2D eigenvalue weighted by atomic mass is 32.2. The molecule has 0 amide bonds. The molecule has 4 nitrogen and oxygen atoms in total. The smallest absolute Gasteiger partial charge is 0.367 e. The lowest BCUT2D eigenvalue weighted by Gasteiger charge is -2.14. The summed E-state index contributed by atoms with van der Waals surface area (Å²) in [6, 6.07) is 5.73. The number of nitrogens with zero attached hydrogens (tertiary/aromatic N) is 1. The topological polar surface area (TPSA) is 58.5 Å². The first-order valence-corrected chi connectivity index (χ1v) is 9.73. The van der Waals surface area contributed by atoms with Crippen molar-refractivity contribution in [3.63, 3.8) is 0 Å². The Kier molecular flexibility index (Phi) is 4.16. The van der Waals surface area contributed by atoms with Crippen molar-refractivity contribution in [1.82, 2.24) is 5.32 Å². The van der Waals surface area contributed by atoms with Crippen molar-refractivity contribution >= 4 is 27.0 Å². The van der Waals surface area contributed by atoms with Crippen LogP contribution in [0, 0.1) is 0 Å². The summed E-state index contributed by atoms with van der Waals surface area (Å²) in [6.07, 6.45) is -3.61. The van der Waals surface area contributed by atoms with Gasteiger partial charge in [-0.15, -0.1) is 11.3 Å². The molecule has 2 heterocycles. The van der Waals surface area contributed by atoms with E-state index in [0.717, 1.165) is 23.0 Å². The van der Waals surface area contributed by atoms with E-state index in [1.165, 1.54) is 24.3 Å². The Bertz CT molecular complexity index is 915. The fourth-order valence-electron chi connectivity index (χ4n) is 2.55. The van der Waals surface area contributed by atoms with Crippen molar-refractivity contribution in [2.24, 2.45) is 4.99 Å². The number of thiophene rings is 1. The Morgan fingerprint density at radius 2 is 1.96 bits per heavy atom. The van der Waals surface area contributed by atoms with Gasteiger partial charge in [-0.3, -0.25) is 4.99 Å². The van der Waals surface area contributed by atoms with Gasteiger partial charge in [-0.1, -0.05) is 18.2 Å². The Hall–Kier alpha value is -1.87. The Balaban J connectivity index is 2.33. The molecule has 24 heavy (non-hydrogen) atoms. The van der Waals surface area contributed by atoms with E-state index in [1.54, 1.807) is 0 Å². The van der Waals surface area contributed by atoms with Crippen LogP contribution in [-0.4, -0.2) is 33.6 Å². The quantitative estimate of drug-likeness (QED) is 0.898. The monoisotopic (exact) mass is 374 g/mol. The highest BCUT2D eigenvalue weighted by Gasteiger charge is 2.38. The van der Waals surface area contributed by atoms with Crippen molar-refractivity contribution in [1.29, 1.82) is 0 Å². The van der Waals surface area contributed by atoms with Gasteiger partial charge in [0, 0.05) is 29.3 Å². The van der Waals surface area contributed by atoms with Gasteiger partial charge in [-0.2, -0.15) is 13.2 Å². The molecule has 1 aromatic heterocycles. The minimum atomic E-state index is -4.59. The molecule has 2 aromatic rings. The molecular formula is C15H13F3N2O2S2. The van der Waals surface area contributed by atoms with Crippen LogP contribution in [0.2, 0.25) is 0 Å². The molecule has 9 heteroatoms. The standard InChI is InChI=1S/C15H13F3N2O2S2/c1-24(21,22)11-5-3-2-4-9(11)12-10(15(16,17)18)8-23-13(12)14-19-6-7-20-14/h2-5,8H,6-7H2,1H3,(H,19,20). The lowest BCUT2D eigenvalue weighted by atomic mass is 10.0. The number of halogens is 3. The van der Waals surface area contributed by atoms with E-state index < -0.39 is 21.6 Å². The zero-order chi connectivity index (χ0) is 17.5. The van der Waals surface area contributed by atoms with Gasteiger partial charge in [0.15, 0.2) is 9.84 Å². The molecule has 0 radical (unpaired) electrons. The third-order valence-corrected chi connectivity index (χ3v) is 5.68. The van der Waals surface area contributed by atoms with E-state index in [0.29, 0.717) is 23.8 Å². The van der Waals surface area contributed by atoms with Gasteiger partial charge in [0.05, 0.1) is 21.9 Å². The number of nitrogens with one attached hydrogen (secondary N) is 1. The molecule has 0 aliphatic carbocycles. The fraction of sp³-hybridized carbons (Fsp3) is 0.267. The molecule has 1 N–H and O–H groups in total. The van der Waals surface area contributed by atoms with Gasteiger partial charge >= 0.3 is 6.18 Å². The van der Waals surface area contributed by atoms with E-state index in [-0.39, 0.29) is 16.0 Å². The van der Waals surface area contributed by atoms with Crippen molar-refractivity contribution in [2.75, 3.05) is 19.3 Å². The molecule has 3 rings (SSSR count). The molecule has 0 bridgehead atoms.